The van der Waals surface area contributed by atoms with Gasteiger partial charge in [0, 0.05) is 36.5 Å². The van der Waals surface area contributed by atoms with Crippen molar-refractivity contribution in [3.05, 3.63) is 29.9 Å². The lowest BCUT2D eigenvalue weighted by Gasteiger charge is -2.19. The molecule has 1 N–H and O–H groups in total. The van der Waals surface area contributed by atoms with Crippen LogP contribution in [0.2, 0.25) is 0 Å². The Morgan fingerprint density at radius 1 is 1.30 bits per heavy atom. The fraction of sp³-hybridized carbons (Fsp3) is 0.533. The molecule has 0 aromatic carbocycles. The van der Waals surface area contributed by atoms with Gasteiger partial charge in [0.1, 0.15) is 0 Å². The summed E-state index contributed by atoms with van der Waals surface area (Å²) in [6.45, 7) is 9.32. The molecule has 0 aliphatic carbocycles. The van der Waals surface area contributed by atoms with Crippen molar-refractivity contribution in [3.63, 3.8) is 0 Å². The average molecular weight is 274 g/mol. The molecule has 0 atom stereocenters. The maximum atomic E-state index is 5.31. The van der Waals surface area contributed by atoms with Gasteiger partial charge in [-0.25, -0.2) is 0 Å². The van der Waals surface area contributed by atoms with Crippen LogP contribution in [0.3, 0.4) is 0 Å². The number of hydrogen-bond acceptors (Lipinski definition) is 5. The Labute approximate surface area is 119 Å². The predicted molar refractivity (Wildman–Crippen MR) is 78.4 cm³/mol. The van der Waals surface area contributed by atoms with Gasteiger partial charge in [0.25, 0.3) is 0 Å². The van der Waals surface area contributed by atoms with Crippen LogP contribution < -0.4 is 5.32 Å². The summed E-state index contributed by atoms with van der Waals surface area (Å²) in [4.78, 5) is 8.59. The van der Waals surface area contributed by atoms with Gasteiger partial charge in [-0.05, 0) is 38.8 Å². The zero-order valence-electron chi connectivity index (χ0n) is 12.6. The first-order chi connectivity index (χ1) is 9.49. The van der Waals surface area contributed by atoms with E-state index in [9.17, 15) is 0 Å². The predicted octanol–water partition coefficient (Wildman–Crippen LogP) is 2.62. The molecule has 5 heteroatoms. The highest BCUT2D eigenvalue weighted by atomic mass is 16.5. The van der Waals surface area contributed by atoms with Crippen LogP contribution in [-0.4, -0.2) is 27.2 Å². The largest absolute Gasteiger partial charge is 0.339 e. The maximum Gasteiger partial charge on any atom is 0.228 e. The van der Waals surface area contributed by atoms with Crippen molar-refractivity contribution in [3.8, 4) is 11.4 Å². The Morgan fingerprint density at radius 2 is 2.10 bits per heavy atom. The molecule has 2 heterocycles. The van der Waals surface area contributed by atoms with Gasteiger partial charge in [0.05, 0.1) is 0 Å². The van der Waals surface area contributed by atoms with Gasteiger partial charge < -0.3 is 9.84 Å². The first-order valence-electron chi connectivity index (χ1n) is 7.00. The van der Waals surface area contributed by atoms with Gasteiger partial charge in [-0.15, -0.1) is 0 Å². The van der Waals surface area contributed by atoms with Crippen molar-refractivity contribution in [2.24, 2.45) is 0 Å². The molecule has 108 valence electrons. The minimum absolute atomic E-state index is 0.101. The van der Waals surface area contributed by atoms with E-state index in [1.807, 2.05) is 12.3 Å². The minimum atomic E-state index is 0.101. The van der Waals surface area contributed by atoms with E-state index in [-0.39, 0.29) is 5.54 Å². The van der Waals surface area contributed by atoms with E-state index >= 15 is 0 Å². The van der Waals surface area contributed by atoms with Gasteiger partial charge in [0.2, 0.25) is 11.7 Å². The Balaban J connectivity index is 2.05. The fourth-order valence-corrected chi connectivity index (χ4v) is 1.94. The van der Waals surface area contributed by atoms with Crippen molar-refractivity contribution in [2.75, 3.05) is 6.54 Å². The van der Waals surface area contributed by atoms with Crippen LogP contribution in [0.5, 0.6) is 0 Å². The van der Waals surface area contributed by atoms with Crippen molar-refractivity contribution >= 4 is 0 Å². The Kier molecular flexibility index (Phi) is 4.49. The average Bonchev–Trinajstić information content (AvgIpc) is 2.86. The van der Waals surface area contributed by atoms with Crippen LogP contribution in [0.25, 0.3) is 11.4 Å². The van der Waals surface area contributed by atoms with E-state index in [4.69, 9.17) is 4.52 Å². The molecule has 0 aliphatic rings. The molecule has 2 aromatic heterocycles. The molecule has 0 radical (unpaired) electrons. The van der Waals surface area contributed by atoms with Crippen LogP contribution in [0.15, 0.2) is 23.0 Å². The smallest absolute Gasteiger partial charge is 0.228 e. The highest BCUT2D eigenvalue weighted by Crippen LogP contribution is 2.20. The quantitative estimate of drug-likeness (QED) is 0.908. The zero-order chi connectivity index (χ0) is 14.6. The molecule has 5 nitrogen and oxygen atoms in total. The molecule has 0 bridgehead atoms. The molecule has 2 rings (SSSR count). The number of rotatable bonds is 5. The third-order valence-corrected chi connectivity index (χ3v) is 2.99. The first kappa shape index (κ1) is 14.7. The normalized spacial score (nSPS) is 11.8. The van der Waals surface area contributed by atoms with E-state index < -0.39 is 0 Å². The van der Waals surface area contributed by atoms with Crippen molar-refractivity contribution < 1.29 is 4.52 Å². The highest BCUT2D eigenvalue weighted by molar-refractivity contribution is 5.58. The lowest BCUT2D eigenvalue weighted by Crippen LogP contribution is -2.37. The summed E-state index contributed by atoms with van der Waals surface area (Å²) in [6, 6.07) is 1.93. The van der Waals surface area contributed by atoms with Crippen LogP contribution >= 0.6 is 0 Å². The summed E-state index contributed by atoms with van der Waals surface area (Å²) >= 11 is 0. The summed E-state index contributed by atoms with van der Waals surface area (Å²) in [5.74, 6) is 1.31. The minimum Gasteiger partial charge on any atom is -0.339 e. The standard InChI is InChI=1S/C15H22N4O/c1-5-11-10-16-8-6-12(11)14-18-13(20-19-14)7-9-17-15(2,3)4/h6,8,10,17H,5,7,9H2,1-4H3. The molecule has 20 heavy (non-hydrogen) atoms. The van der Waals surface area contributed by atoms with Crippen LogP contribution in [0.1, 0.15) is 39.1 Å². The lowest BCUT2D eigenvalue weighted by molar-refractivity contribution is 0.362. The molecule has 0 fully saturated rings. The van der Waals surface area contributed by atoms with Gasteiger partial charge in [-0.3, -0.25) is 4.98 Å². The maximum absolute atomic E-state index is 5.31. The summed E-state index contributed by atoms with van der Waals surface area (Å²) in [5, 5.41) is 7.47. The third kappa shape index (κ3) is 3.87. The Bertz CT molecular complexity index is 557. The monoisotopic (exact) mass is 274 g/mol. The van der Waals surface area contributed by atoms with E-state index in [2.05, 4.69) is 48.1 Å². The van der Waals surface area contributed by atoms with Crippen LogP contribution in [0, 0.1) is 0 Å². The summed E-state index contributed by atoms with van der Waals surface area (Å²) in [7, 11) is 0. The second-order valence-electron chi connectivity index (χ2n) is 5.82. The van der Waals surface area contributed by atoms with Gasteiger partial charge in [-0.2, -0.15) is 4.98 Å². The zero-order valence-corrected chi connectivity index (χ0v) is 12.6. The molecule has 0 saturated heterocycles. The van der Waals surface area contributed by atoms with Crippen molar-refractivity contribution in [1.82, 2.24) is 20.4 Å². The van der Waals surface area contributed by atoms with E-state index in [0.29, 0.717) is 11.7 Å². The molecule has 2 aromatic rings. The molecular weight excluding hydrogens is 252 g/mol. The van der Waals surface area contributed by atoms with Crippen LogP contribution in [0.4, 0.5) is 0 Å². The summed E-state index contributed by atoms with van der Waals surface area (Å²) in [6.07, 6.45) is 5.24. The molecule has 0 aliphatic heterocycles. The fourth-order valence-electron chi connectivity index (χ4n) is 1.94. The van der Waals surface area contributed by atoms with E-state index in [1.54, 1.807) is 6.20 Å². The number of pyridine rings is 1. The summed E-state index contributed by atoms with van der Waals surface area (Å²) in [5.41, 5.74) is 2.23. The molecule has 0 unspecified atom stereocenters. The van der Waals surface area contributed by atoms with E-state index in [0.717, 1.165) is 30.5 Å². The number of nitrogens with zero attached hydrogens (tertiary/aromatic N) is 3. The van der Waals surface area contributed by atoms with Gasteiger partial charge in [-0.1, -0.05) is 12.1 Å². The van der Waals surface area contributed by atoms with E-state index in [1.165, 1.54) is 0 Å². The Hall–Kier alpha value is -1.75. The third-order valence-electron chi connectivity index (χ3n) is 2.99. The number of aromatic nitrogens is 3. The van der Waals surface area contributed by atoms with Gasteiger partial charge in [0.15, 0.2) is 0 Å². The second-order valence-corrected chi connectivity index (χ2v) is 5.82. The molecule has 0 spiro atoms. The molecule has 0 amide bonds. The van der Waals surface area contributed by atoms with Gasteiger partial charge >= 0.3 is 0 Å². The Morgan fingerprint density at radius 3 is 2.80 bits per heavy atom. The topological polar surface area (TPSA) is 63.8 Å². The van der Waals surface area contributed by atoms with Crippen molar-refractivity contribution in [1.29, 1.82) is 0 Å². The van der Waals surface area contributed by atoms with Crippen LogP contribution in [-0.2, 0) is 12.8 Å². The number of hydrogen-bond donors (Lipinski definition) is 1. The number of nitrogens with one attached hydrogen (secondary N) is 1. The second kappa shape index (κ2) is 6.13. The van der Waals surface area contributed by atoms with Crippen molar-refractivity contribution in [2.45, 2.75) is 46.1 Å². The molecule has 0 saturated carbocycles. The summed E-state index contributed by atoms with van der Waals surface area (Å²) < 4.78 is 5.31. The molecular formula is C15H22N4O. The number of aryl methyl sites for hydroxylation is 1. The highest BCUT2D eigenvalue weighted by Gasteiger charge is 2.13. The SMILES string of the molecule is CCc1cnccc1-c1noc(CCNC(C)(C)C)n1. The lowest BCUT2D eigenvalue weighted by atomic mass is 10.1. The first-order valence-corrected chi connectivity index (χ1v) is 7.00.